The van der Waals surface area contributed by atoms with E-state index in [0.29, 0.717) is 18.8 Å². The van der Waals surface area contributed by atoms with Gasteiger partial charge in [-0.3, -0.25) is 10.0 Å². The number of carbonyl (C=O) groups is 1. The molecular weight excluding hydrogens is 342 g/mol. The molecule has 2 aromatic rings. The topological polar surface area (TPSA) is 67.8 Å². The zero-order valence-electron chi connectivity index (χ0n) is 15.9. The predicted octanol–water partition coefficient (Wildman–Crippen LogP) is 4.30. The van der Waals surface area contributed by atoms with E-state index < -0.39 is 5.91 Å². The molecule has 0 radical (unpaired) electrons. The molecule has 0 spiro atoms. The van der Waals surface area contributed by atoms with Crippen LogP contribution in [0.2, 0.25) is 0 Å². The van der Waals surface area contributed by atoms with Gasteiger partial charge in [-0.15, -0.1) is 0 Å². The largest absolute Gasteiger partial charge is 0.496 e. The molecule has 0 aliphatic carbocycles. The molecule has 2 rings (SSSR count). The molecule has 27 heavy (non-hydrogen) atoms. The van der Waals surface area contributed by atoms with Crippen molar-refractivity contribution in [2.24, 2.45) is 0 Å². The van der Waals surface area contributed by atoms with Gasteiger partial charge >= 0.3 is 0 Å². The Kier molecular flexibility index (Phi) is 7.64. The number of benzene rings is 2. The van der Waals surface area contributed by atoms with Crippen LogP contribution in [0.5, 0.6) is 11.5 Å². The van der Waals surface area contributed by atoms with Crippen LogP contribution in [-0.2, 0) is 17.8 Å². The monoisotopic (exact) mass is 367 g/mol. The van der Waals surface area contributed by atoms with Crippen molar-refractivity contribution in [3.63, 3.8) is 0 Å². The SMILES string of the molecule is COc1ccc(/C=C\C(=O)NO)c(OCc2ccccc2)c1CC=C(C)C. The fourth-order valence-corrected chi connectivity index (χ4v) is 2.55. The summed E-state index contributed by atoms with van der Waals surface area (Å²) in [6.07, 6.45) is 5.60. The zero-order chi connectivity index (χ0) is 19.6. The van der Waals surface area contributed by atoms with Crippen molar-refractivity contribution in [2.75, 3.05) is 7.11 Å². The summed E-state index contributed by atoms with van der Waals surface area (Å²) in [6, 6.07) is 13.5. The third-order valence-electron chi connectivity index (χ3n) is 3.93. The number of methoxy groups -OCH3 is 1. The number of nitrogens with one attached hydrogen (secondary N) is 1. The van der Waals surface area contributed by atoms with E-state index in [4.69, 9.17) is 14.7 Å². The van der Waals surface area contributed by atoms with Gasteiger partial charge in [-0.25, -0.2) is 5.48 Å². The van der Waals surface area contributed by atoms with Crippen LogP contribution in [0.4, 0.5) is 0 Å². The summed E-state index contributed by atoms with van der Waals surface area (Å²) in [5, 5.41) is 8.71. The second-order valence-corrected chi connectivity index (χ2v) is 6.23. The molecule has 2 aromatic carbocycles. The number of hydroxylamine groups is 1. The van der Waals surface area contributed by atoms with Crippen LogP contribution >= 0.6 is 0 Å². The first kappa shape index (κ1) is 20.3. The van der Waals surface area contributed by atoms with Crippen molar-refractivity contribution in [1.29, 1.82) is 0 Å². The minimum atomic E-state index is -0.606. The van der Waals surface area contributed by atoms with Gasteiger partial charge in [0, 0.05) is 17.2 Å². The van der Waals surface area contributed by atoms with E-state index in [1.165, 1.54) is 11.6 Å². The molecule has 1 amide bonds. The maximum Gasteiger partial charge on any atom is 0.267 e. The Morgan fingerprint density at radius 3 is 2.52 bits per heavy atom. The van der Waals surface area contributed by atoms with Crippen LogP contribution in [0.25, 0.3) is 6.08 Å². The Balaban J connectivity index is 2.45. The Labute approximate surface area is 159 Å². The molecule has 0 atom stereocenters. The molecule has 5 nitrogen and oxygen atoms in total. The van der Waals surface area contributed by atoms with Crippen molar-refractivity contribution in [3.05, 3.63) is 76.9 Å². The minimum Gasteiger partial charge on any atom is -0.496 e. The van der Waals surface area contributed by atoms with E-state index >= 15 is 0 Å². The molecule has 0 aromatic heterocycles. The molecule has 142 valence electrons. The molecule has 0 heterocycles. The Bertz CT molecular complexity index is 822. The highest BCUT2D eigenvalue weighted by atomic mass is 16.5. The van der Waals surface area contributed by atoms with E-state index in [2.05, 4.69) is 6.08 Å². The van der Waals surface area contributed by atoms with Gasteiger partial charge in [-0.1, -0.05) is 42.0 Å². The third kappa shape index (κ3) is 6.01. The summed E-state index contributed by atoms with van der Waals surface area (Å²) >= 11 is 0. The summed E-state index contributed by atoms with van der Waals surface area (Å²) < 4.78 is 11.7. The molecule has 0 fully saturated rings. The van der Waals surface area contributed by atoms with Gasteiger partial charge in [0.05, 0.1) is 7.11 Å². The number of allylic oxidation sites excluding steroid dienone is 2. The molecule has 0 unspecified atom stereocenters. The van der Waals surface area contributed by atoms with Crippen LogP contribution < -0.4 is 15.0 Å². The quantitative estimate of drug-likeness (QED) is 0.316. The molecular formula is C22H25NO4. The summed E-state index contributed by atoms with van der Waals surface area (Å²) in [5.74, 6) is 0.766. The number of rotatable bonds is 8. The highest BCUT2D eigenvalue weighted by molar-refractivity contribution is 5.91. The van der Waals surface area contributed by atoms with Crippen molar-refractivity contribution in [2.45, 2.75) is 26.9 Å². The van der Waals surface area contributed by atoms with Gasteiger partial charge < -0.3 is 9.47 Å². The fraction of sp³-hybridized carbons (Fsp3) is 0.227. The highest BCUT2D eigenvalue weighted by Gasteiger charge is 2.14. The fourth-order valence-electron chi connectivity index (χ4n) is 2.55. The Hall–Kier alpha value is -3.05. The lowest BCUT2D eigenvalue weighted by Gasteiger charge is -2.17. The second kappa shape index (κ2) is 10.2. The second-order valence-electron chi connectivity index (χ2n) is 6.23. The summed E-state index contributed by atoms with van der Waals surface area (Å²) in [5.41, 5.74) is 5.45. The Morgan fingerprint density at radius 2 is 1.89 bits per heavy atom. The lowest BCUT2D eigenvalue weighted by atomic mass is 10.0. The number of amides is 1. The summed E-state index contributed by atoms with van der Waals surface area (Å²) in [7, 11) is 1.62. The maximum atomic E-state index is 11.4. The smallest absolute Gasteiger partial charge is 0.267 e. The minimum absolute atomic E-state index is 0.392. The van der Waals surface area contributed by atoms with E-state index in [1.807, 2.05) is 56.3 Å². The van der Waals surface area contributed by atoms with Crippen LogP contribution in [0.15, 0.2) is 60.2 Å². The van der Waals surface area contributed by atoms with Crippen molar-refractivity contribution < 1.29 is 19.5 Å². The molecule has 0 bridgehead atoms. The number of hydrogen-bond acceptors (Lipinski definition) is 4. The summed E-state index contributed by atoms with van der Waals surface area (Å²) in [6.45, 7) is 4.46. The maximum absolute atomic E-state index is 11.4. The van der Waals surface area contributed by atoms with Gasteiger partial charge in [0.15, 0.2) is 0 Å². The number of carbonyl (C=O) groups excluding carboxylic acids is 1. The first-order chi connectivity index (χ1) is 13.0. The van der Waals surface area contributed by atoms with Crippen molar-refractivity contribution >= 4 is 12.0 Å². The Morgan fingerprint density at radius 1 is 1.15 bits per heavy atom. The number of ether oxygens (including phenoxy) is 2. The predicted molar refractivity (Wildman–Crippen MR) is 106 cm³/mol. The van der Waals surface area contributed by atoms with Crippen LogP contribution in [-0.4, -0.2) is 18.2 Å². The van der Waals surface area contributed by atoms with Crippen LogP contribution in [0.3, 0.4) is 0 Å². The molecule has 0 aliphatic heterocycles. The van der Waals surface area contributed by atoms with Gasteiger partial charge in [-0.05, 0) is 44.0 Å². The lowest BCUT2D eigenvalue weighted by molar-refractivity contribution is -0.124. The van der Waals surface area contributed by atoms with E-state index in [-0.39, 0.29) is 0 Å². The van der Waals surface area contributed by atoms with Crippen molar-refractivity contribution in [3.8, 4) is 11.5 Å². The molecule has 2 N–H and O–H groups in total. The third-order valence-corrected chi connectivity index (χ3v) is 3.93. The summed E-state index contributed by atoms with van der Waals surface area (Å²) in [4.78, 5) is 11.4. The van der Waals surface area contributed by atoms with Gasteiger partial charge in [0.1, 0.15) is 18.1 Å². The first-order valence-corrected chi connectivity index (χ1v) is 8.67. The average molecular weight is 367 g/mol. The van der Waals surface area contributed by atoms with Gasteiger partial charge in [0.25, 0.3) is 5.91 Å². The van der Waals surface area contributed by atoms with Crippen LogP contribution in [0.1, 0.15) is 30.5 Å². The van der Waals surface area contributed by atoms with E-state index in [1.54, 1.807) is 18.7 Å². The normalized spacial score (nSPS) is 10.5. The van der Waals surface area contributed by atoms with Gasteiger partial charge in [0.2, 0.25) is 0 Å². The molecule has 0 saturated carbocycles. The zero-order valence-corrected chi connectivity index (χ0v) is 15.9. The lowest BCUT2D eigenvalue weighted by Crippen LogP contribution is -2.14. The highest BCUT2D eigenvalue weighted by Crippen LogP contribution is 2.35. The van der Waals surface area contributed by atoms with Crippen LogP contribution in [0, 0.1) is 0 Å². The first-order valence-electron chi connectivity index (χ1n) is 8.67. The van der Waals surface area contributed by atoms with E-state index in [0.717, 1.165) is 22.4 Å². The molecule has 5 heteroatoms. The molecule has 0 aliphatic rings. The molecule has 0 saturated heterocycles. The van der Waals surface area contributed by atoms with Gasteiger partial charge in [-0.2, -0.15) is 0 Å². The average Bonchev–Trinajstić information content (AvgIpc) is 2.69. The van der Waals surface area contributed by atoms with Crippen molar-refractivity contribution in [1.82, 2.24) is 5.48 Å². The standard InChI is InChI=1S/C22H25NO4/c1-16(2)9-12-19-20(26-3)13-10-18(11-14-21(24)23-25)22(19)27-15-17-7-5-4-6-8-17/h4-11,13-14,25H,12,15H2,1-3H3,(H,23,24)/b14-11-. The number of hydrogen-bond donors (Lipinski definition) is 2. The van der Waals surface area contributed by atoms with E-state index in [9.17, 15) is 4.79 Å².